The minimum Gasteiger partial charge on any atom is -0.395 e. The molecule has 0 fully saturated rings. The molecule has 0 radical (unpaired) electrons. The fraction of sp³-hybridized carbons (Fsp3) is 0.0833. The van der Waals surface area contributed by atoms with Gasteiger partial charge >= 0.3 is 0 Å². The van der Waals surface area contributed by atoms with Gasteiger partial charge in [0.05, 0.1) is 16.2 Å². The highest BCUT2D eigenvalue weighted by Crippen LogP contribution is 2.26. The summed E-state index contributed by atoms with van der Waals surface area (Å²) in [6.45, 7) is 1.86. The number of nitrogen functional groups attached to an aromatic ring is 1. The second-order valence-corrected chi connectivity index (χ2v) is 4.98. The van der Waals surface area contributed by atoms with E-state index in [2.05, 4.69) is 9.97 Å². The van der Waals surface area contributed by atoms with Gasteiger partial charge in [-0.05, 0) is 19.1 Å². The molecule has 0 aliphatic carbocycles. The normalized spacial score (nSPS) is 10.5. The first-order valence-corrected chi connectivity index (χ1v) is 5.93. The molecule has 3 rings (SSSR count). The van der Waals surface area contributed by atoms with Gasteiger partial charge in [-0.3, -0.25) is 9.78 Å². The summed E-state index contributed by atoms with van der Waals surface area (Å²) < 4.78 is 0.595. The van der Waals surface area contributed by atoms with Crippen LogP contribution >= 0.6 is 23.7 Å². The zero-order valence-electron chi connectivity index (χ0n) is 9.51. The third-order valence-electron chi connectivity index (χ3n) is 2.59. The number of rotatable bonds is 0. The number of anilines is 1. The number of pyridine rings is 1. The fourth-order valence-corrected chi connectivity index (χ4v) is 2.70. The minimum absolute atomic E-state index is 0. The van der Waals surface area contributed by atoms with Gasteiger partial charge in [-0.2, -0.15) is 0 Å². The van der Waals surface area contributed by atoms with Gasteiger partial charge in [0.2, 0.25) is 0 Å². The lowest BCUT2D eigenvalue weighted by Crippen LogP contribution is -1.92. The molecule has 0 atom stereocenters. The third-order valence-corrected chi connectivity index (χ3v) is 3.58. The van der Waals surface area contributed by atoms with Gasteiger partial charge in [-0.25, -0.2) is 4.98 Å². The number of fused-ring (bicyclic) bond motifs is 2. The molecule has 2 heterocycles. The molecule has 0 saturated heterocycles. The first kappa shape index (κ1) is 12.7. The Bertz CT molecular complexity index is 800. The van der Waals surface area contributed by atoms with E-state index in [1.807, 2.05) is 13.0 Å². The Labute approximate surface area is 113 Å². The number of thiazole rings is 1. The van der Waals surface area contributed by atoms with Crippen molar-refractivity contribution in [1.82, 2.24) is 9.97 Å². The topological polar surface area (TPSA) is 68.9 Å². The van der Waals surface area contributed by atoms with Gasteiger partial charge in [0, 0.05) is 11.6 Å². The van der Waals surface area contributed by atoms with Crippen LogP contribution in [0.15, 0.2) is 29.2 Å². The summed E-state index contributed by atoms with van der Waals surface area (Å²) in [5, 5.41) is 1.58. The van der Waals surface area contributed by atoms with Crippen molar-refractivity contribution in [3.63, 3.8) is 0 Å². The molecule has 92 valence electrons. The molecule has 4 nitrogen and oxygen atoms in total. The summed E-state index contributed by atoms with van der Waals surface area (Å²) in [4.78, 5) is 20.6. The van der Waals surface area contributed by atoms with E-state index in [0.717, 1.165) is 10.4 Å². The Kier molecular flexibility index (Phi) is 3.19. The predicted octanol–water partition coefficient (Wildman–Crippen LogP) is 2.52. The summed E-state index contributed by atoms with van der Waals surface area (Å²) in [7, 11) is 0. The van der Waals surface area contributed by atoms with Crippen molar-refractivity contribution < 1.29 is 0 Å². The third kappa shape index (κ3) is 1.81. The van der Waals surface area contributed by atoms with Crippen LogP contribution in [0.4, 0.5) is 5.69 Å². The Hall–Kier alpha value is -1.72. The molecule has 2 aromatic heterocycles. The van der Waals surface area contributed by atoms with E-state index in [4.69, 9.17) is 5.73 Å². The Morgan fingerprint density at radius 3 is 2.89 bits per heavy atom. The highest BCUT2D eigenvalue weighted by atomic mass is 35.5. The van der Waals surface area contributed by atoms with Crippen molar-refractivity contribution in [2.75, 3.05) is 5.73 Å². The first-order valence-electron chi connectivity index (χ1n) is 5.11. The number of nitrogens with zero attached hydrogens (tertiary/aromatic N) is 2. The van der Waals surface area contributed by atoms with E-state index in [1.54, 1.807) is 18.3 Å². The second kappa shape index (κ2) is 4.51. The fourth-order valence-electron chi connectivity index (χ4n) is 1.85. The molecule has 0 amide bonds. The van der Waals surface area contributed by atoms with Crippen molar-refractivity contribution in [2.24, 2.45) is 0 Å². The van der Waals surface area contributed by atoms with Crippen LogP contribution in [0, 0.1) is 6.92 Å². The van der Waals surface area contributed by atoms with Crippen molar-refractivity contribution >= 4 is 50.6 Å². The van der Waals surface area contributed by atoms with Crippen LogP contribution in [-0.2, 0) is 0 Å². The average Bonchev–Trinajstić information content (AvgIpc) is 2.67. The summed E-state index contributed by atoms with van der Waals surface area (Å²) in [6, 6.07) is 5.18. The lowest BCUT2D eigenvalue weighted by molar-refractivity contribution is 1.35. The van der Waals surface area contributed by atoms with Gasteiger partial charge in [0.25, 0.3) is 0 Å². The number of hydrogen-bond donors (Lipinski definition) is 1. The maximum Gasteiger partial charge on any atom is 0.198 e. The average molecular weight is 280 g/mol. The Morgan fingerprint density at radius 2 is 2.11 bits per heavy atom. The molecule has 0 aliphatic heterocycles. The van der Waals surface area contributed by atoms with Gasteiger partial charge in [-0.15, -0.1) is 23.7 Å². The zero-order valence-corrected chi connectivity index (χ0v) is 11.1. The van der Waals surface area contributed by atoms with Gasteiger partial charge in [0.1, 0.15) is 10.2 Å². The maximum atomic E-state index is 12.0. The van der Waals surface area contributed by atoms with Crippen LogP contribution in [-0.4, -0.2) is 9.97 Å². The summed E-state index contributed by atoms with van der Waals surface area (Å²) in [5.74, 6) is 0. The Morgan fingerprint density at radius 1 is 1.33 bits per heavy atom. The van der Waals surface area contributed by atoms with Crippen molar-refractivity contribution in [3.05, 3.63) is 39.6 Å². The van der Waals surface area contributed by atoms with E-state index in [-0.39, 0.29) is 17.8 Å². The molecule has 0 bridgehead atoms. The highest BCUT2D eigenvalue weighted by molar-refractivity contribution is 7.18. The van der Waals surface area contributed by atoms with Gasteiger partial charge in [0.15, 0.2) is 5.43 Å². The maximum absolute atomic E-state index is 12.0. The van der Waals surface area contributed by atoms with Crippen molar-refractivity contribution in [1.29, 1.82) is 0 Å². The number of aryl methyl sites for hydroxylation is 1. The quantitative estimate of drug-likeness (QED) is 0.686. The molecule has 18 heavy (non-hydrogen) atoms. The molecule has 2 N–H and O–H groups in total. The van der Waals surface area contributed by atoms with E-state index in [1.165, 1.54) is 11.3 Å². The molecule has 1 aromatic carbocycles. The summed E-state index contributed by atoms with van der Waals surface area (Å²) in [5.41, 5.74) is 7.67. The largest absolute Gasteiger partial charge is 0.395 e. The number of aromatic nitrogens is 2. The predicted molar refractivity (Wildman–Crippen MR) is 77.6 cm³/mol. The zero-order chi connectivity index (χ0) is 12.0. The second-order valence-electron chi connectivity index (χ2n) is 3.77. The van der Waals surface area contributed by atoms with Crippen LogP contribution < -0.4 is 11.2 Å². The molecular weight excluding hydrogens is 270 g/mol. The lowest BCUT2D eigenvalue weighted by Gasteiger charge is -1.94. The number of halogens is 1. The van der Waals surface area contributed by atoms with Gasteiger partial charge in [-0.1, -0.05) is 6.07 Å². The molecular formula is C12H10ClN3OS. The van der Waals surface area contributed by atoms with Crippen LogP contribution in [0.2, 0.25) is 0 Å². The van der Waals surface area contributed by atoms with Crippen LogP contribution in [0.3, 0.4) is 0 Å². The number of nitrogens with two attached hydrogens (primary N) is 1. The van der Waals surface area contributed by atoms with E-state index in [9.17, 15) is 4.79 Å². The molecule has 6 heteroatoms. The smallest absolute Gasteiger partial charge is 0.198 e. The lowest BCUT2D eigenvalue weighted by atomic mass is 10.2. The van der Waals surface area contributed by atoms with Crippen LogP contribution in [0.25, 0.3) is 21.1 Å². The first-order chi connectivity index (χ1) is 8.16. The summed E-state index contributed by atoms with van der Waals surface area (Å²) in [6.07, 6.45) is 1.66. The van der Waals surface area contributed by atoms with Gasteiger partial charge < -0.3 is 5.73 Å². The SMILES string of the molecule is Cc1nc2c(N)c3ncccc3cc(=O)c2s1.Cl. The van der Waals surface area contributed by atoms with Crippen molar-refractivity contribution in [2.45, 2.75) is 6.92 Å². The summed E-state index contributed by atoms with van der Waals surface area (Å²) >= 11 is 1.37. The van der Waals surface area contributed by atoms with Crippen molar-refractivity contribution in [3.8, 4) is 0 Å². The molecule has 0 unspecified atom stereocenters. The molecule has 0 saturated carbocycles. The van der Waals surface area contributed by atoms with E-state index < -0.39 is 0 Å². The standard InChI is InChI=1S/C12H9N3OS.ClH/c1-6-15-11-9(13)10-7(3-2-4-14-10)5-8(16)12(11)17-6;/h2-5H,13H2,1H3;1H. The number of hydrogen-bond acceptors (Lipinski definition) is 5. The van der Waals surface area contributed by atoms with E-state index >= 15 is 0 Å². The molecule has 0 aliphatic rings. The Balaban J connectivity index is 0.00000120. The molecule has 3 aromatic rings. The van der Waals surface area contributed by atoms with E-state index in [0.29, 0.717) is 21.4 Å². The monoisotopic (exact) mass is 279 g/mol. The van der Waals surface area contributed by atoms with Crippen LogP contribution in [0.5, 0.6) is 0 Å². The molecule has 0 spiro atoms. The minimum atomic E-state index is -0.0553. The van der Waals surface area contributed by atoms with Crippen LogP contribution in [0.1, 0.15) is 5.01 Å². The highest BCUT2D eigenvalue weighted by Gasteiger charge is 2.10.